The van der Waals surface area contributed by atoms with E-state index in [2.05, 4.69) is 11.6 Å². The van der Waals surface area contributed by atoms with Gasteiger partial charge in [0.2, 0.25) is 0 Å². The Morgan fingerprint density at radius 2 is 2.24 bits per heavy atom. The summed E-state index contributed by atoms with van der Waals surface area (Å²) in [5, 5.41) is 8.56. The molecule has 5 heteroatoms. The standard InChI is InChI=1S/C12H11FN2O2/c1-2-8-6-16-12(17-7-8)9-3-10(13)11(4-14)15-5-9/h2-3,5,8,12H,1,6-7H2. The van der Waals surface area contributed by atoms with Crippen LogP contribution < -0.4 is 0 Å². The normalized spacial score (nSPS) is 24.0. The summed E-state index contributed by atoms with van der Waals surface area (Å²) < 4.78 is 24.2. The summed E-state index contributed by atoms with van der Waals surface area (Å²) in [5.74, 6) is -0.509. The summed E-state index contributed by atoms with van der Waals surface area (Å²) in [4.78, 5) is 3.69. The van der Waals surface area contributed by atoms with Crippen molar-refractivity contribution in [3.63, 3.8) is 0 Å². The van der Waals surface area contributed by atoms with Gasteiger partial charge in [0, 0.05) is 17.7 Å². The van der Waals surface area contributed by atoms with E-state index in [4.69, 9.17) is 14.7 Å². The van der Waals surface area contributed by atoms with Gasteiger partial charge < -0.3 is 9.47 Å². The molecule has 0 unspecified atom stereocenters. The van der Waals surface area contributed by atoms with Gasteiger partial charge in [-0.1, -0.05) is 6.08 Å². The average Bonchev–Trinajstić information content (AvgIpc) is 2.39. The zero-order valence-corrected chi connectivity index (χ0v) is 9.10. The molecule has 17 heavy (non-hydrogen) atoms. The van der Waals surface area contributed by atoms with Crippen LogP contribution in [0.15, 0.2) is 24.9 Å². The summed E-state index contributed by atoms with van der Waals surface area (Å²) in [7, 11) is 0. The fourth-order valence-electron chi connectivity index (χ4n) is 1.51. The average molecular weight is 234 g/mol. The number of nitrogens with zero attached hydrogens (tertiary/aromatic N) is 2. The number of hydrogen-bond acceptors (Lipinski definition) is 4. The molecular weight excluding hydrogens is 223 g/mol. The van der Waals surface area contributed by atoms with E-state index >= 15 is 0 Å². The van der Waals surface area contributed by atoms with E-state index in [0.29, 0.717) is 18.8 Å². The predicted octanol–water partition coefficient (Wildman–Crippen LogP) is 1.94. The molecule has 1 fully saturated rings. The molecule has 0 bridgehead atoms. The summed E-state index contributed by atoms with van der Waals surface area (Å²) in [6.45, 7) is 4.61. The third kappa shape index (κ3) is 2.49. The van der Waals surface area contributed by atoms with E-state index in [1.165, 1.54) is 12.3 Å². The zero-order valence-electron chi connectivity index (χ0n) is 9.10. The lowest BCUT2D eigenvalue weighted by Gasteiger charge is -2.27. The van der Waals surface area contributed by atoms with E-state index in [9.17, 15) is 4.39 Å². The molecule has 2 rings (SSSR count). The molecule has 4 nitrogen and oxygen atoms in total. The third-order valence-electron chi connectivity index (χ3n) is 2.50. The highest BCUT2D eigenvalue weighted by atomic mass is 19.1. The van der Waals surface area contributed by atoms with Gasteiger partial charge in [-0.2, -0.15) is 5.26 Å². The van der Waals surface area contributed by atoms with E-state index in [0.717, 1.165) is 0 Å². The number of aromatic nitrogens is 1. The lowest BCUT2D eigenvalue weighted by atomic mass is 10.1. The van der Waals surface area contributed by atoms with Gasteiger partial charge in [0.05, 0.1) is 13.2 Å². The van der Waals surface area contributed by atoms with Gasteiger partial charge in [0.1, 0.15) is 6.07 Å². The summed E-state index contributed by atoms with van der Waals surface area (Å²) in [6, 6.07) is 2.87. The van der Waals surface area contributed by atoms with Crippen LogP contribution in [0.3, 0.4) is 0 Å². The Bertz CT molecular complexity index is 462. The van der Waals surface area contributed by atoms with Crippen LogP contribution in [0.4, 0.5) is 4.39 Å². The van der Waals surface area contributed by atoms with E-state index < -0.39 is 12.1 Å². The second-order valence-electron chi connectivity index (χ2n) is 3.71. The molecule has 1 aliphatic heterocycles. The number of ether oxygens (including phenoxy) is 2. The maximum absolute atomic E-state index is 13.3. The van der Waals surface area contributed by atoms with Crippen LogP contribution in [0.5, 0.6) is 0 Å². The number of hydrogen-bond donors (Lipinski definition) is 0. The maximum Gasteiger partial charge on any atom is 0.185 e. The van der Waals surface area contributed by atoms with E-state index in [1.54, 1.807) is 12.1 Å². The highest BCUT2D eigenvalue weighted by Crippen LogP contribution is 2.25. The van der Waals surface area contributed by atoms with Gasteiger partial charge in [-0.3, -0.25) is 0 Å². The lowest BCUT2D eigenvalue weighted by molar-refractivity contribution is -0.197. The molecule has 2 heterocycles. The quantitative estimate of drug-likeness (QED) is 0.734. The minimum atomic E-state index is -0.664. The van der Waals surface area contributed by atoms with Crippen molar-refractivity contribution in [1.29, 1.82) is 5.26 Å². The second kappa shape index (κ2) is 5.04. The van der Waals surface area contributed by atoms with Crippen molar-refractivity contribution in [2.45, 2.75) is 6.29 Å². The number of nitriles is 1. The third-order valence-corrected chi connectivity index (χ3v) is 2.50. The van der Waals surface area contributed by atoms with Gasteiger partial charge in [0.25, 0.3) is 0 Å². The van der Waals surface area contributed by atoms with Crippen molar-refractivity contribution in [3.05, 3.63) is 42.0 Å². The van der Waals surface area contributed by atoms with Gasteiger partial charge in [-0.25, -0.2) is 9.37 Å². The fraction of sp³-hybridized carbons (Fsp3) is 0.333. The van der Waals surface area contributed by atoms with Crippen LogP contribution in [0.1, 0.15) is 17.5 Å². The summed E-state index contributed by atoms with van der Waals surface area (Å²) >= 11 is 0. The Kier molecular flexibility index (Phi) is 3.47. The molecule has 0 aliphatic carbocycles. The van der Waals surface area contributed by atoms with Crippen LogP contribution in [0.25, 0.3) is 0 Å². The van der Waals surface area contributed by atoms with Crippen molar-refractivity contribution in [2.24, 2.45) is 5.92 Å². The van der Waals surface area contributed by atoms with Crippen LogP contribution >= 0.6 is 0 Å². The minimum absolute atomic E-state index is 0.155. The van der Waals surface area contributed by atoms with Crippen LogP contribution in [0.2, 0.25) is 0 Å². The van der Waals surface area contributed by atoms with Crippen molar-refractivity contribution >= 4 is 0 Å². The Morgan fingerprint density at radius 3 is 2.76 bits per heavy atom. The molecule has 1 saturated heterocycles. The van der Waals surface area contributed by atoms with E-state index in [1.807, 2.05) is 0 Å². The molecular formula is C12H11FN2O2. The highest BCUT2D eigenvalue weighted by Gasteiger charge is 2.22. The summed E-state index contributed by atoms with van der Waals surface area (Å²) in [5.41, 5.74) is 0.248. The first kappa shape index (κ1) is 11.7. The molecule has 0 aromatic carbocycles. The number of pyridine rings is 1. The molecule has 0 spiro atoms. The molecule has 0 N–H and O–H groups in total. The topological polar surface area (TPSA) is 55.1 Å². The van der Waals surface area contributed by atoms with Gasteiger partial charge >= 0.3 is 0 Å². The molecule has 1 aromatic heterocycles. The molecule has 1 aromatic rings. The predicted molar refractivity (Wildman–Crippen MR) is 57.2 cm³/mol. The van der Waals surface area contributed by atoms with Crippen molar-refractivity contribution in [1.82, 2.24) is 4.98 Å². The van der Waals surface area contributed by atoms with E-state index in [-0.39, 0.29) is 11.6 Å². The Labute approximate surface area is 98.3 Å². The Hall–Kier alpha value is -1.77. The first-order valence-electron chi connectivity index (χ1n) is 5.16. The van der Waals surface area contributed by atoms with Crippen molar-refractivity contribution in [2.75, 3.05) is 13.2 Å². The first-order valence-corrected chi connectivity index (χ1v) is 5.16. The fourth-order valence-corrected chi connectivity index (χ4v) is 1.51. The van der Waals surface area contributed by atoms with Gasteiger partial charge in [-0.05, 0) is 6.07 Å². The van der Waals surface area contributed by atoms with Crippen molar-refractivity contribution in [3.8, 4) is 6.07 Å². The van der Waals surface area contributed by atoms with Crippen LogP contribution in [-0.2, 0) is 9.47 Å². The Balaban J connectivity index is 2.11. The monoisotopic (exact) mass is 234 g/mol. The van der Waals surface area contributed by atoms with Gasteiger partial charge in [0.15, 0.2) is 17.8 Å². The smallest absolute Gasteiger partial charge is 0.185 e. The molecule has 1 aliphatic rings. The number of rotatable bonds is 2. The molecule has 88 valence electrons. The highest BCUT2D eigenvalue weighted by molar-refractivity contribution is 5.26. The molecule has 0 radical (unpaired) electrons. The molecule has 0 atom stereocenters. The SMILES string of the molecule is C=CC1COC(c2cnc(C#N)c(F)c2)OC1. The number of halogens is 1. The van der Waals surface area contributed by atoms with Crippen LogP contribution in [0, 0.1) is 23.1 Å². The van der Waals surface area contributed by atoms with Gasteiger partial charge in [-0.15, -0.1) is 6.58 Å². The maximum atomic E-state index is 13.3. The molecule has 0 saturated carbocycles. The zero-order chi connectivity index (χ0) is 12.3. The largest absolute Gasteiger partial charge is 0.348 e. The van der Waals surface area contributed by atoms with Crippen LogP contribution in [-0.4, -0.2) is 18.2 Å². The Morgan fingerprint density at radius 1 is 1.53 bits per heavy atom. The minimum Gasteiger partial charge on any atom is -0.348 e. The van der Waals surface area contributed by atoms with Crippen molar-refractivity contribution < 1.29 is 13.9 Å². The molecule has 0 amide bonds. The first-order chi connectivity index (χ1) is 8.24. The summed E-state index contributed by atoms with van der Waals surface area (Å²) in [6.07, 6.45) is 2.52. The lowest BCUT2D eigenvalue weighted by Crippen LogP contribution is -2.25. The second-order valence-corrected chi connectivity index (χ2v) is 3.71.